The monoisotopic (exact) mass is 215 g/mol. The quantitative estimate of drug-likeness (QED) is 0.565. The average molecular weight is 215 g/mol. The van der Waals surface area contributed by atoms with Crippen molar-refractivity contribution in [2.45, 2.75) is 59.5 Å². The van der Waals surface area contributed by atoms with Gasteiger partial charge in [-0.2, -0.15) is 0 Å². The minimum absolute atomic E-state index is 0.428. The van der Waals surface area contributed by atoms with E-state index in [9.17, 15) is 0 Å². The number of rotatable bonds is 10. The second-order valence-corrected chi connectivity index (χ2v) is 4.78. The van der Waals surface area contributed by atoms with Crippen LogP contribution < -0.4 is 5.32 Å². The Kier molecular flexibility index (Phi) is 10.4. The van der Waals surface area contributed by atoms with Gasteiger partial charge in [0.2, 0.25) is 0 Å². The maximum Gasteiger partial charge on any atom is 0.0547 e. The van der Waals surface area contributed by atoms with Gasteiger partial charge in [-0.1, -0.05) is 27.2 Å². The third kappa shape index (κ3) is 11.8. The van der Waals surface area contributed by atoms with E-state index in [1.165, 1.54) is 25.7 Å². The van der Waals surface area contributed by atoms with E-state index in [2.05, 4.69) is 33.0 Å². The molecule has 0 aromatic heterocycles. The molecule has 0 heterocycles. The van der Waals surface area contributed by atoms with Crippen molar-refractivity contribution >= 4 is 0 Å². The Bertz CT molecular complexity index is 126. The minimum Gasteiger partial charge on any atom is -0.379 e. The van der Waals surface area contributed by atoms with E-state index in [1.54, 1.807) is 0 Å². The molecule has 0 saturated carbocycles. The topological polar surface area (TPSA) is 21.3 Å². The van der Waals surface area contributed by atoms with Gasteiger partial charge in [0.25, 0.3) is 0 Å². The van der Waals surface area contributed by atoms with Gasteiger partial charge >= 0.3 is 0 Å². The molecule has 0 aliphatic rings. The Morgan fingerprint density at radius 2 is 1.87 bits per heavy atom. The number of hydrogen-bond donors (Lipinski definition) is 1. The summed E-state index contributed by atoms with van der Waals surface area (Å²) >= 11 is 0. The van der Waals surface area contributed by atoms with Crippen LogP contribution in [0.15, 0.2) is 0 Å². The third-order valence-corrected chi connectivity index (χ3v) is 2.42. The molecule has 1 N–H and O–H groups in total. The van der Waals surface area contributed by atoms with Gasteiger partial charge in [0, 0.05) is 6.61 Å². The molecule has 0 aliphatic heterocycles. The van der Waals surface area contributed by atoms with Crippen molar-refractivity contribution in [3.63, 3.8) is 0 Å². The van der Waals surface area contributed by atoms with Gasteiger partial charge in [-0.25, -0.2) is 0 Å². The summed E-state index contributed by atoms with van der Waals surface area (Å²) in [6, 6.07) is 0. The van der Waals surface area contributed by atoms with E-state index in [0.717, 1.165) is 25.6 Å². The minimum atomic E-state index is 0.428. The van der Waals surface area contributed by atoms with Crippen molar-refractivity contribution in [3.8, 4) is 0 Å². The largest absolute Gasteiger partial charge is 0.379 e. The Labute approximate surface area is 95.8 Å². The molecule has 1 atom stereocenters. The smallest absolute Gasteiger partial charge is 0.0547 e. The van der Waals surface area contributed by atoms with Gasteiger partial charge in [0.15, 0.2) is 0 Å². The van der Waals surface area contributed by atoms with Gasteiger partial charge in [-0.3, -0.25) is 0 Å². The van der Waals surface area contributed by atoms with Crippen LogP contribution in [0.1, 0.15) is 53.4 Å². The highest BCUT2D eigenvalue weighted by Gasteiger charge is 2.01. The highest BCUT2D eigenvalue weighted by Crippen LogP contribution is 2.02. The molecule has 0 fully saturated rings. The molecular formula is C13H29NO. The summed E-state index contributed by atoms with van der Waals surface area (Å²) in [4.78, 5) is 0. The summed E-state index contributed by atoms with van der Waals surface area (Å²) in [5.74, 6) is 0.753. The zero-order valence-electron chi connectivity index (χ0n) is 11.0. The van der Waals surface area contributed by atoms with Gasteiger partial charge in [0.05, 0.1) is 6.10 Å². The molecule has 0 saturated heterocycles. The number of ether oxygens (including phenoxy) is 1. The Balaban J connectivity index is 3.13. The molecule has 1 unspecified atom stereocenters. The van der Waals surface area contributed by atoms with Crippen molar-refractivity contribution in [3.05, 3.63) is 0 Å². The first kappa shape index (κ1) is 14.9. The first-order valence-corrected chi connectivity index (χ1v) is 6.49. The fraction of sp³-hybridized carbons (Fsp3) is 1.00. The van der Waals surface area contributed by atoms with Crippen LogP contribution >= 0.6 is 0 Å². The van der Waals surface area contributed by atoms with Crippen LogP contribution in [-0.4, -0.2) is 25.8 Å². The molecule has 0 aliphatic carbocycles. The van der Waals surface area contributed by atoms with Crippen molar-refractivity contribution in [1.29, 1.82) is 0 Å². The van der Waals surface area contributed by atoms with Crippen LogP contribution in [0.25, 0.3) is 0 Å². The SMILES string of the molecule is CCCCOC(C)CCCNCC(C)C. The lowest BCUT2D eigenvalue weighted by atomic mass is 10.2. The fourth-order valence-corrected chi connectivity index (χ4v) is 1.42. The summed E-state index contributed by atoms with van der Waals surface area (Å²) in [5, 5.41) is 3.45. The summed E-state index contributed by atoms with van der Waals surface area (Å²) in [6.45, 7) is 12.0. The van der Waals surface area contributed by atoms with Crippen LogP contribution in [0.5, 0.6) is 0 Å². The molecule has 15 heavy (non-hydrogen) atoms. The van der Waals surface area contributed by atoms with Crippen LogP contribution in [-0.2, 0) is 4.74 Å². The lowest BCUT2D eigenvalue weighted by molar-refractivity contribution is 0.0570. The molecule has 92 valence electrons. The van der Waals surface area contributed by atoms with Crippen molar-refractivity contribution in [2.75, 3.05) is 19.7 Å². The molecule has 0 aromatic carbocycles. The summed E-state index contributed by atoms with van der Waals surface area (Å²) in [6.07, 6.45) is 5.24. The Morgan fingerprint density at radius 1 is 1.13 bits per heavy atom. The van der Waals surface area contributed by atoms with Crippen LogP contribution in [0.3, 0.4) is 0 Å². The highest BCUT2D eigenvalue weighted by molar-refractivity contribution is 4.55. The third-order valence-electron chi connectivity index (χ3n) is 2.42. The van der Waals surface area contributed by atoms with E-state index in [4.69, 9.17) is 4.74 Å². The summed E-state index contributed by atoms with van der Waals surface area (Å²) in [7, 11) is 0. The normalized spacial score (nSPS) is 13.4. The predicted molar refractivity (Wildman–Crippen MR) is 67.3 cm³/mol. The first-order valence-electron chi connectivity index (χ1n) is 6.49. The molecule has 0 rings (SSSR count). The zero-order chi connectivity index (χ0) is 11.5. The summed E-state index contributed by atoms with van der Waals surface area (Å²) in [5.41, 5.74) is 0. The van der Waals surface area contributed by atoms with Crippen molar-refractivity contribution in [2.24, 2.45) is 5.92 Å². The molecule has 2 nitrogen and oxygen atoms in total. The van der Waals surface area contributed by atoms with E-state index in [-0.39, 0.29) is 0 Å². The predicted octanol–water partition coefficient (Wildman–Crippen LogP) is 3.22. The number of hydrogen-bond acceptors (Lipinski definition) is 2. The molecule has 0 spiro atoms. The lowest BCUT2D eigenvalue weighted by Gasteiger charge is -2.13. The molecule has 0 radical (unpaired) electrons. The van der Waals surface area contributed by atoms with E-state index in [0.29, 0.717) is 6.10 Å². The fourth-order valence-electron chi connectivity index (χ4n) is 1.42. The number of nitrogens with one attached hydrogen (secondary N) is 1. The van der Waals surface area contributed by atoms with Gasteiger partial charge in [-0.05, 0) is 45.2 Å². The zero-order valence-corrected chi connectivity index (χ0v) is 11.0. The average Bonchev–Trinajstić information content (AvgIpc) is 2.17. The van der Waals surface area contributed by atoms with Crippen LogP contribution in [0.4, 0.5) is 0 Å². The molecular weight excluding hydrogens is 186 g/mol. The van der Waals surface area contributed by atoms with Crippen molar-refractivity contribution < 1.29 is 4.74 Å². The second kappa shape index (κ2) is 10.4. The highest BCUT2D eigenvalue weighted by atomic mass is 16.5. The molecule has 0 bridgehead atoms. The molecule has 0 aromatic rings. The summed E-state index contributed by atoms with van der Waals surface area (Å²) < 4.78 is 5.68. The standard InChI is InChI=1S/C13H29NO/c1-5-6-10-15-13(4)8-7-9-14-11-12(2)3/h12-14H,5-11H2,1-4H3. The Hall–Kier alpha value is -0.0800. The first-order chi connectivity index (χ1) is 7.16. The van der Waals surface area contributed by atoms with E-state index >= 15 is 0 Å². The van der Waals surface area contributed by atoms with Gasteiger partial charge < -0.3 is 10.1 Å². The van der Waals surface area contributed by atoms with E-state index < -0.39 is 0 Å². The number of unbranched alkanes of at least 4 members (excludes halogenated alkanes) is 1. The van der Waals surface area contributed by atoms with Gasteiger partial charge in [-0.15, -0.1) is 0 Å². The maximum atomic E-state index is 5.68. The van der Waals surface area contributed by atoms with Crippen LogP contribution in [0.2, 0.25) is 0 Å². The molecule has 0 amide bonds. The van der Waals surface area contributed by atoms with Crippen molar-refractivity contribution in [1.82, 2.24) is 5.32 Å². The maximum absolute atomic E-state index is 5.68. The lowest BCUT2D eigenvalue weighted by Crippen LogP contribution is -2.22. The second-order valence-electron chi connectivity index (χ2n) is 4.78. The van der Waals surface area contributed by atoms with Crippen LogP contribution in [0, 0.1) is 5.92 Å². The van der Waals surface area contributed by atoms with E-state index in [1.807, 2.05) is 0 Å². The Morgan fingerprint density at radius 3 is 2.47 bits per heavy atom. The molecule has 2 heteroatoms. The van der Waals surface area contributed by atoms with Gasteiger partial charge in [0.1, 0.15) is 0 Å².